The summed E-state index contributed by atoms with van der Waals surface area (Å²) in [6.07, 6.45) is 0. The molecule has 0 atom stereocenters. The summed E-state index contributed by atoms with van der Waals surface area (Å²) < 4.78 is 10.5. The topological polar surface area (TPSA) is 92.5 Å². The van der Waals surface area contributed by atoms with Crippen LogP contribution in [0.25, 0.3) is 33.0 Å². The number of H-pyrrole nitrogens is 1. The van der Waals surface area contributed by atoms with Gasteiger partial charge in [-0.15, -0.1) is 0 Å². The number of hydrogen-bond donors (Lipinski definition) is 2. The second kappa shape index (κ2) is 5.52. The number of aromatic nitrogens is 1. The SMILES string of the molecule is COc1ccc2oc(=O)c(-c3c(O)c4ccccc4[nH]c3=O)cc2c1. The standard InChI is InChI=1S/C19H13NO5/c1-24-11-6-7-15-10(8-11)9-13(19(23)25-15)16-17(21)12-4-2-3-5-14(12)20-18(16)22/h2-9H,1H3,(H2,20,21,22). The molecule has 0 saturated heterocycles. The minimum absolute atomic E-state index is 0.00902. The van der Waals surface area contributed by atoms with Gasteiger partial charge < -0.3 is 19.2 Å². The summed E-state index contributed by atoms with van der Waals surface area (Å²) in [6, 6.07) is 13.3. The van der Waals surface area contributed by atoms with Gasteiger partial charge in [0.05, 0.1) is 23.8 Å². The molecule has 2 N–H and O–H groups in total. The highest BCUT2D eigenvalue weighted by atomic mass is 16.5. The van der Waals surface area contributed by atoms with Crippen molar-refractivity contribution in [2.75, 3.05) is 7.11 Å². The molecule has 0 spiro atoms. The highest BCUT2D eigenvalue weighted by molar-refractivity contribution is 5.93. The van der Waals surface area contributed by atoms with E-state index in [-0.39, 0.29) is 16.9 Å². The predicted molar refractivity (Wildman–Crippen MR) is 94.3 cm³/mol. The number of pyridine rings is 1. The number of methoxy groups -OCH3 is 1. The summed E-state index contributed by atoms with van der Waals surface area (Å²) in [5.41, 5.74) is -0.534. The first kappa shape index (κ1) is 15.0. The van der Waals surface area contributed by atoms with Gasteiger partial charge in [-0.1, -0.05) is 12.1 Å². The van der Waals surface area contributed by atoms with Gasteiger partial charge in [-0.05, 0) is 36.4 Å². The van der Waals surface area contributed by atoms with Gasteiger partial charge in [0.25, 0.3) is 5.56 Å². The Kier molecular flexibility index (Phi) is 3.32. The van der Waals surface area contributed by atoms with Crippen molar-refractivity contribution in [2.45, 2.75) is 0 Å². The lowest BCUT2D eigenvalue weighted by atomic mass is 10.0. The van der Waals surface area contributed by atoms with Gasteiger partial charge in [-0.25, -0.2) is 4.79 Å². The fraction of sp³-hybridized carbons (Fsp3) is 0.0526. The molecule has 0 unspecified atom stereocenters. The average molecular weight is 335 g/mol. The van der Waals surface area contributed by atoms with Gasteiger partial charge in [0, 0.05) is 10.8 Å². The third kappa shape index (κ3) is 2.35. The van der Waals surface area contributed by atoms with Crippen LogP contribution in [0.5, 0.6) is 11.5 Å². The Hall–Kier alpha value is -3.54. The van der Waals surface area contributed by atoms with Crippen LogP contribution in [0, 0.1) is 0 Å². The van der Waals surface area contributed by atoms with Crippen LogP contribution in [0.2, 0.25) is 0 Å². The number of fused-ring (bicyclic) bond motifs is 2. The maximum Gasteiger partial charge on any atom is 0.344 e. The highest BCUT2D eigenvalue weighted by Crippen LogP contribution is 2.32. The fourth-order valence-electron chi connectivity index (χ4n) is 2.88. The Morgan fingerprint density at radius 3 is 2.68 bits per heavy atom. The molecule has 0 aliphatic carbocycles. The zero-order valence-electron chi connectivity index (χ0n) is 13.2. The van der Waals surface area contributed by atoms with E-state index in [0.717, 1.165) is 0 Å². The number of benzene rings is 2. The zero-order valence-corrected chi connectivity index (χ0v) is 13.2. The molecule has 6 heteroatoms. The van der Waals surface area contributed by atoms with E-state index in [1.165, 1.54) is 13.2 Å². The Morgan fingerprint density at radius 1 is 1.08 bits per heavy atom. The largest absolute Gasteiger partial charge is 0.506 e. The molecular weight excluding hydrogens is 322 g/mol. The molecule has 0 amide bonds. The van der Waals surface area contributed by atoms with E-state index in [9.17, 15) is 14.7 Å². The van der Waals surface area contributed by atoms with Crippen LogP contribution < -0.4 is 15.9 Å². The Labute approximate surface area is 140 Å². The molecule has 4 rings (SSSR count). The molecule has 0 aliphatic rings. The molecule has 6 nitrogen and oxygen atoms in total. The van der Waals surface area contributed by atoms with E-state index in [2.05, 4.69) is 4.98 Å². The molecule has 0 radical (unpaired) electrons. The second-order valence-electron chi connectivity index (χ2n) is 5.57. The summed E-state index contributed by atoms with van der Waals surface area (Å²) in [7, 11) is 1.53. The highest BCUT2D eigenvalue weighted by Gasteiger charge is 2.18. The zero-order chi connectivity index (χ0) is 17.6. The van der Waals surface area contributed by atoms with E-state index in [4.69, 9.17) is 9.15 Å². The van der Waals surface area contributed by atoms with Crippen molar-refractivity contribution in [3.63, 3.8) is 0 Å². The fourth-order valence-corrected chi connectivity index (χ4v) is 2.88. The molecule has 2 heterocycles. The summed E-state index contributed by atoms with van der Waals surface area (Å²) >= 11 is 0. The van der Waals surface area contributed by atoms with E-state index in [0.29, 0.717) is 27.6 Å². The first-order valence-corrected chi connectivity index (χ1v) is 7.55. The van der Waals surface area contributed by atoms with Crippen LogP contribution in [-0.2, 0) is 0 Å². The van der Waals surface area contributed by atoms with E-state index in [1.807, 2.05) is 0 Å². The van der Waals surface area contributed by atoms with E-state index in [1.54, 1.807) is 42.5 Å². The number of ether oxygens (including phenoxy) is 1. The third-order valence-electron chi connectivity index (χ3n) is 4.10. The number of hydrogen-bond acceptors (Lipinski definition) is 5. The third-order valence-corrected chi connectivity index (χ3v) is 4.10. The van der Waals surface area contributed by atoms with Crippen molar-refractivity contribution in [1.29, 1.82) is 0 Å². The minimum atomic E-state index is -0.700. The van der Waals surface area contributed by atoms with Crippen LogP contribution >= 0.6 is 0 Å². The Balaban J connectivity index is 2.07. The second-order valence-corrected chi connectivity index (χ2v) is 5.57. The van der Waals surface area contributed by atoms with Crippen molar-refractivity contribution in [1.82, 2.24) is 4.98 Å². The van der Waals surface area contributed by atoms with Crippen molar-refractivity contribution >= 4 is 21.9 Å². The quantitative estimate of drug-likeness (QED) is 0.549. The first-order valence-electron chi connectivity index (χ1n) is 7.55. The number of para-hydroxylation sites is 1. The number of aromatic hydroxyl groups is 1. The predicted octanol–water partition coefficient (Wildman–Crippen LogP) is 3.02. The molecule has 124 valence electrons. The van der Waals surface area contributed by atoms with Crippen LogP contribution in [0.1, 0.15) is 0 Å². The molecule has 2 aromatic carbocycles. The molecule has 0 saturated carbocycles. The first-order chi connectivity index (χ1) is 12.1. The van der Waals surface area contributed by atoms with E-state index < -0.39 is 11.2 Å². The summed E-state index contributed by atoms with van der Waals surface area (Å²) in [4.78, 5) is 27.5. The van der Waals surface area contributed by atoms with Gasteiger partial charge in [0.1, 0.15) is 17.1 Å². The smallest absolute Gasteiger partial charge is 0.344 e. The van der Waals surface area contributed by atoms with Crippen LogP contribution in [0.15, 0.2) is 62.5 Å². The molecule has 0 aliphatic heterocycles. The maximum atomic E-state index is 12.4. The van der Waals surface area contributed by atoms with Gasteiger partial charge >= 0.3 is 5.63 Å². The number of nitrogens with one attached hydrogen (secondary N) is 1. The molecule has 0 bridgehead atoms. The monoisotopic (exact) mass is 335 g/mol. The normalized spacial score (nSPS) is 11.1. The Bertz CT molecular complexity index is 1240. The van der Waals surface area contributed by atoms with Crippen molar-refractivity contribution in [3.8, 4) is 22.6 Å². The van der Waals surface area contributed by atoms with Crippen molar-refractivity contribution in [3.05, 3.63) is 69.3 Å². The maximum absolute atomic E-state index is 12.4. The van der Waals surface area contributed by atoms with Crippen molar-refractivity contribution in [2.24, 2.45) is 0 Å². The number of rotatable bonds is 2. The van der Waals surface area contributed by atoms with Gasteiger partial charge in [0.15, 0.2) is 0 Å². The van der Waals surface area contributed by atoms with Crippen LogP contribution in [-0.4, -0.2) is 17.2 Å². The van der Waals surface area contributed by atoms with E-state index >= 15 is 0 Å². The van der Waals surface area contributed by atoms with Crippen molar-refractivity contribution < 1.29 is 14.3 Å². The summed E-state index contributed by atoms with van der Waals surface area (Å²) in [6.45, 7) is 0. The molecule has 25 heavy (non-hydrogen) atoms. The lowest BCUT2D eigenvalue weighted by Crippen LogP contribution is -2.14. The molecular formula is C19H13NO5. The summed E-state index contributed by atoms with van der Waals surface area (Å²) in [5.74, 6) is 0.331. The van der Waals surface area contributed by atoms with Gasteiger partial charge in [-0.2, -0.15) is 0 Å². The van der Waals surface area contributed by atoms with Crippen LogP contribution in [0.3, 0.4) is 0 Å². The minimum Gasteiger partial charge on any atom is -0.506 e. The van der Waals surface area contributed by atoms with Gasteiger partial charge in [0.2, 0.25) is 0 Å². The van der Waals surface area contributed by atoms with Crippen LogP contribution in [0.4, 0.5) is 0 Å². The molecule has 4 aromatic rings. The molecule has 0 fully saturated rings. The average Bonchev–Trinajstić information content (AvgIpc) is 2.61. The van der Waals surface area contributed by atoms with Gasteiger partial charge in [-0.3, -0.25) is 4.79 Å². The number of aromatic amines is 1. The summed E-state index contributed by atoms with van der Waals surface area (Å²) in [5, 5.41) is 11.6. The molecule has 2 aromatic heterocycles. The lowest BCUT2D eigenvalue weighted by Gasteiger charge is -2.08. The Morgan fingerprint density at radius 2 is 1.88 bits per heavy atom. The lowest BCUT2D eigenvalue weighted by molar-refractivity contribution is 0.415.